The van der Waals surface area contributed by atoms with E-state index in [1.165, 1.54) is 24.3 Å². The molecule has 8 nitrogen and oxygen atoms in total. The predicted molar refractivity (Wildman–Crippen MR) is 147 cm³/mol. The maximum absolute atomic E-state index is 15.4. The molecule has 2 aromatic carbocycles. The second-order valence-electron chi connectivity index (χ2n) is 9.82. The Morgan fingerprint density at radius 2 is 1.84 bits per heavy atom. The van der Waals surface area contributed by atoms with Gasteiger partial charge in [0.15, 0.2) is 5.82 Å². The second-order valence-corrected chi connectivity index (χ2v) is 10.8. The monoisotopic (exact) mass is 608 g/mol. The lowest BCUT2D eigenvalue weighted by Gasteiger charge is -2.27. The summed E-state index contributed by atoms with van der Waals surface area (Å²) < 4.78 is 72.0. The summed E-state index contributed by atoms with van der Waals surface area (Å²) in [7, 11) is 0. The van der Waals surface area contributed by atoms with Crippen LogP contribution < -0.4 is 4.74 Å². The maximum atomic E-state index is 15.4. The number of fused-ring (bicyclic) bond motifs is 1. The number of carboxylic acids is 1. The van der Waals surface area contributed by atoms with Gasteiger partial charge in [0.25, 0.3) is 5.88 Å². The molecule has 1 aliphatic heterocycles. The van der Waals surface area contributed by atoms with E-state index in [-0.39, 0.29) is 45.3 Å². The Labute approximate surface area is 245 Å². The van der Waals surface area contributed by atoms with Crippen molar-refractivity contribution in [3.05, 3.63) is 99.2 Å². The lowest BCUT2D eigenvalue weighted by atomic mass is 10.0. The van der Waals surface area contributed by atoms with E-state index in [9.17, 15) is 18.7 Å². The molecule has 1 atom stereocenters. The van der Waals surface area contributed by atoms with E-state index in [4.69, 9.17) is 14.7 Å². The van der Waals surface area contributed by atoms with Crippen molar-refractivity contribution in [2.24, 2.45) is 0 Å². The van der Waals surface area contributed by atoms with Crippen molar-refractivity contribution in [3.8, 4) is 23.2 Å². The van der Waals surface area contributed by atoms with Crippen LogP contribution in [0.15, 0.2) is 48.5 Å². The summed E-state index contributed by atoms with van der Waals surface area (Å²) >= 11 is 0.993. The third-order valence-electron chi connectivity index (χ3n) is 7.04. The zero-order chi connectivity index (χ0) is 30.2. The fourth-order valence-electron chi connectivity index (χ4n) is 4.68. The van der Waals surface area contributed by atoms with E-state index in [1.54, 1.807) is 4.57 Å². The van der Waals surface area contributed by atoms with E-state index in [2.05, 4.69) is 9.97 Å². The third kappa shape index (κ3) is 5.67. The Kier molecular flexibility index (Phi) is 7.55. The zero-order valence-corrected chi connectivity index (χ0v) is 22.9. The fraction of sp³-hybridized carbons (Fsp3) is 0.200. The molecular formula is C30H20F4N4O4S. The molecule has 0 spiro atoms. The number of imidazole rings is 1. The number of thiophene rings is 1. The lowest BCUT2D eigenvalue weighted by Crippen LogP contribution is -2.31. The molecule has 4 heterocycles. The van der Waals surface area contributed by atoms with Crippen molar-refractivity contribution >= 4 is 27.7 Å². The minimum atomic E-state index is -1.08. The number of nitriles is 1. The molecule has 1 N–H and O–H groups in total. The Hall–Kier alpha value is -4.80. The molecule has 3 aromatic heterocycles. The van der Waals surface area contributed by atoms with Gasteiger partial charge in [0.2, 0.25) is 0 Å². The quantitative estimate of drug-likeness (QED) is 0.197. The lowest BCUT2D eigenvalue weighted by molar-refractivity contribution is -0.0589. The van der Waals surface area contributed by atoms with Crippen LogP contribution in [0.25, 0.3) is 21.6 Å². The van der Waals surface area contributed by atoms with Crippen LogP contribution in [0.1, 0.15) is 38.6 Å². The van der Waals surface area contributed by atoms with Crippen LogP contribution in [0.3, 0.4) is 0 Å². The molecule has 43 heavy (non-hydrogen) atoms. The van der Waals surface area contributed by atoms with Gasteiger partial charge in [-0.2, -0.15) is 5.26 Å². The normalized spacial score (nSPS) is 14.4. The maximum Gasteiger partial charge on any atom is 0.346 e. The highest BCUT2D eigenvalue weighted by atomic mass is 32.1. The predicted octanol–water partition coefficient (Wildman–Crippen LogP) is 6.24. The Bertz CT molecular complexity index is 1930. The average Bonchev–Trinajstić information content (AvgIpc) is 3.51. The SMILES string of the molecule is N#Cc1ccc(COc2nc(-c3cc(F)c(Cc4nc5sc(C(=O)O)cc5n4C[C@@H]4CCO4)cc3F)ccc2F)c(F)c1. The van der Waals surface area contributed by atoms with Crippen LogP contribution in [-0.4, -0.2) is 38.3 Å². The van der Waals surface area contributed by atoms with Gasteiger partial charge in [0.1, 0.15) is 39.6 Å². The van der Waals surface area contributed by atoms with Crippen LogP contribution in [-0.2, 0) is 24.3 Å². The summed E-state index contributed by atoms with van der Waals surface area (Å²) in [5.74, 6) is -4.38. The number of carboxylic acid groups (broad SMARTS) is 1. The van der Waals surface area contributed by atoms with E-state index in [1.807, 2.05) is 6.07 Å². The highest BCUT2D eigenvalue weighted by Crippen LogP contribution is 2.32. The van der Waals surface area contributed by atoms with Gasteiger partial charge >= 0.3 is 5.97 Å². The summed E-state index contributed by atoms with van der Waals surface area (Å²) in [5, 5.41) is 18.2. The molecule has 1 saturated heterocycles. The number of carbonyl (C=O) groups is 1. The van der Waals surface area contributed by atoms with Gasteiger partial charge in [-0.15, -0.1) is 11.3 Å². The number of halogens is 4. The Balaban J connectivity index is 1.26. The first-order valence-electron chi connectivity index (χ1n) is 13.0. The third-order valence-corrected chi connectivity index (χ3v) is 8.04. The number of hydrogen-bond acceptors (Lipinski definition) is 7. The Morgan fingerprint density at radius 3 is 2.53 bits per heavy atom. The van der Waals surface area contributed by atoms with Gasteiger partial charge < -0.3 is 19.1 Å². The van der Waals surface area contributed by atoms with Crippen LogP contribution in [0, 0.1) is 34.6 Å². The van der Waals surface area contributed by atoms with Crippen molar-refractivity contribution in [1.29, 1.82) is 5.26 Å². The number of aromatic nitrogens is 3. The van der Waals surface area contributed by atoms with Crippen LogP contribution in [0.2, 0.25) is 0 Å². The van der Waals surface area contributed by atoms with Crippen LogP contribution in [0.5, 0.6) is 5.88 Å². The molecule has 0 amide bonds. The molecule has 6 rings (SSSR count). The van der Waals surface area contributed by atoms with Gasteiger partial charge in [-0.1, -0.05) is 6.07 Å². The van der Waals surface area contributed by atoms with Crippen LogP contribution >= 0.6 is 11.3 Å². The van der Waals surface area contributed by atoms with Crippen molar-refractivity contribution < 1.29 is 36.9 Å². The van der Waals surface area contributed by atoms with Gasteiger partial charge in [-0.25, -0.2) is 32.3 Å². The van der Waals surface area contributed by atoms with E-state index < -0.39 is 41.7 Å². The molecule has 0 unspecified atom stereocenters. The van der Waals surface area contributed by atoms with Gasteiger partial charge in [0, 0.05) is 24.2 Å². The summed E-state index contributed by atoms with van der Waals surface area (Å²) in [4.78, 5) is 20.5. The van der Waals surface area contributed by atoms with E-state index in [0.29, 0.717) is 29.3 Å². The summed E-state index contributed by atoms with van der Waals surface area (Å²) in [6.45, 7) is 0.586. The number of ether oxygens (including phenoxy) is 2. The number of benzene rings is 2. The van der Waals surface area contributed by atoms with Crippen LogP contribution in [0.4, 0.5) is 17.6 Å². The molecule has 1 aliphatic rings. The standard InChI is InChI=1S/C30H20F4N4O4S/c31-20-3-4-24(36-28(20)42-14-16-2-1-15(12-35)7-21(16)32)19-10-22(33)17(8-23(19)34)9-27-37-29-25(11-26(43-29)30(39)40)38(27)13-18-5-6-41-18/h1-4,7-8,10-11,18H,5-6,9,13-14H2,(H,39,40)/t18-/m0/s1. The molecule has 1 fully saturated rings. The first kappa shape index (κ1) is 28.3. The van der Waals surface area contributed by atoms with Crippen molar-refractivity contribution in [2.45, 2.75) is 32.1 Å². The zero-order valence-electron chi connectivity index (χ0n) is 22.1. The minimum absolute atomic E-state index is 0.00279. The molecule has 0 radical (unpaired) electrons. The smallest absolute Gasteiger partial charge is 0.346 e. The number of nitrogens with zero attached hydrogens (tertiary/aromatic N) is 4. The minimum Gasteiger partial charge on any atom is -0.477 e. The van der Waals surface area contributed by atoms with E-state index in [0.717, 1.165) is 42.0 Å². The number of hydrogen-bond donors (Lipinski definition) is 1. The number of pyridine rings is 1. The van der Waals surface area contributed by atoms with Crippen molar-refractivity contribution in [1.82, 2.24) is 14.5 Å². The molecular weight excluding hydrogens is 588 g/mol. The highest BCUT2D eigenvalue weighted by molar-refractivity contribution is 7.20. The summed E-state index contributed by atoms with van der Waals surface area (Å²) in [5.41, 5.74) is 0.391. The molecule has 13 heteroatoms. The average molecular weight is 609 g/mol. The topological polar surface area (TPSA) is 110 Å². The molecule has 218 valence electrons. The second kappa shape index (κ2) is 11.5. The van der Waals surface area contributed by atoms with Crippen molar-refractivity contribution in [3.63, 3.8) is 0 Å². The number of rotatable bonds is 9. The van der Waals surface area contributed by atoms with Crippen molar-refractivity contribution in [2.75, 3.05) is 6.61 Å². The largest absolute Gasteiger partial charge is 0.477 e. The first-order valence-corrected chi connectivity index (χ1v) is 13.8. The molecule has 5 aromatic rings. The summed E-state index contributed by atoms with van der Waals surface area (Å²) in [6.07, 6.45) is 0.634. The van der Waals surface area contributed by atoms with Gasteiger partial charge in [0.05, 0.1) is 35.5 Å². The van der Waals surface area contributed by atoms with Gasteiger partial charge in [-0.05, 0) is 54.4 Å². The first-order chi connectivity index (χ1) is 20.7. The molecule has 0 saturated carbocycles. The summed E-state index contributed by atoms with van der Waals surface area (Å²) in [6, 6.07) is 11.1. The fourth-order valence-corrected chi connectivity index (χ4v) is 5.57. The Morgan fingerprint density at radius 1 is 1.05 bits per heavy atom. The highest BCUT2D eigenvalue weighted by Gasteiger charge is 2.25. The number of aromatic carboxylic acids is 1. The molecule has 0 bridgehead atoms. The molecule has 0 aliphatic carbocycles. The van der Waals surface area contributed by atoms with Gasteiger partial charge in [-0.3, -0.25) is 0 Å². The van der Waals surface area contributed by atoms with E-state index >= 15 is 8.78 Å².